The van der Waals surface area contributed by atoms with Gasteiger partial charge in [0.25, 0.3) is 5.88 Å². The Hall–Kier alpha value is -3.65. The van der Waals surface area contributed by atoms with Crippen molar-refractivity contribution in [3.8, 4) is 22.8 Å². The monoisotopic (exact) mass is 377 g/mol. The summed E-state index contributed by atoms with van der Waals surface area (Å²) in [4.78, 5) is 8.75. The van der Waals surface area contributed by atoms with Gasteiger partial charge in [-0.25, -0.2) is 9.50 Å². The van der Waals surface area contributed by atoms with Gasteiger partial charge in [0.1, 0.15) is 12.1 Å². The van der Waals surface area contributed by atoms with E-state index in [1.54, 1.807) is 30.9 Å². The molecule has 0 aliphatic rings. The third-order valence-corrected chi connectivity index (χ3v) is 4.32. The van der Waals surface area contributed by atoms with Gasteiger partial charge in [0, 0.05) is 11.8 Å². The Morgan fingerprint density at radius 3 is 2.75 bits per heavy atom. The highest BCUT2D eigenvalue weighted by Gasteiger charge is 2.12. The van der Waals surface area contributed by atoms with E-state index in [1.165, 1.54) is 6.33 Å². The summed E-state index contributed by atoms with van der Waals surface area (Å²) in [7, 11) is 3.11. The van der Waals surface area contributed by atoms with Crippen molar-refractivity contribution < 1.29 is 14.6 Å². The van der Waals surface area contributed by atoms with Gasteiger partial charge in [-0.15, -0.1) is 0 Å². The fraction of sp³-hybridized carbons (Fsp3) is 0.150. The first-order valence-corrected chi connectivity index (χ1v) is 8.61. The van der Waals surface area contributed by atoms with E-state index >= 15 is 0 Å². The molecule has 0 radical (unpaired) electrons. The molecule has 2 N–H and O–H groups in total. The van der Waals surface area contributed by atoms with Crippen LogP contribution in [0.3, 0.4) is 0 Å². The Kier molecular flexibility index (Phi) is 4.77. The molecule has 0 amide bonds. The van der Waals surface area contributed by atoms with E-state index in [0.717, 1.165) is 22.4 Å². The highest BCUT2D eigenvalue weighted by Crippen LogP contribution is 2.30. The zero-order valence-electron chi connectivity index (χ0n) is 15.5. The van der Waals surface area contributed by atoms with E-state index in [1.807, 2.05) is 36.5 Å². The molecule has 1 aromatic carbocycles. The maximum atomic E-state index is 9.42. The second-order valence-corrected chi connectivity index (χ2v) is 6.06. The molecular formula is C20H19N5O3. The number of aliphatic hydroxyl groups is 1. The summed E-state index contributed by atoms with van der Waals surface area (Å²) in [5.41, 5.74) is 4.14. The van der Waals surface area contributed by atoms with E-state index in [9.17, 15) is 5.11 Å². The van der Waals surface area contributed by atoms with Crippen molar-refractivity contribution in [2.24, 2.45) is 0 Å². The maximum Gasteiger partial charge on any atom is 0.258 e. The number of rotatable bonds is 6. The van der Waals surface area contributed by atoms with Gasteiger partial charge in [0.15, 0.2) is 11.4 Å². The predicted octanol–water partition coefficient (Wildman–Crippen LogP) is 3.04. The Labute approximate surface area is 161 Å². The number of ether oxygens (including phenoxy) is 2. The van der Waals surface area contributed by atoms with Gasteiger partial charge < -0.3 is 19.9 Å². The molecule has 28 heavy (non-hydrogen) atoms. The van der Waals surface area contributed by atoms with Crippen LogP contribution in [-0.4, -0.2) is 38.9 Å². The second-order valence-electron chi connectivity index (χ2n) is 6.06. The highest BCUT2D eigenvalue weighted by molar-refractivity contribution is 5.79. The lowest BCUT2D eigenvalue weighted by atomic mass is 10.0. The van der Waals surface area contributed by atoms with Gasteiger partial charge in [0.05, 0.1) is 26.5 Å². The number of pyridine rings is 2. The first-order chi connectivity index (χ1) is 13.7. The first-order valence-electron chi connectivity index (χ1n) is 8.61. The summed E-state index contributed by atoms with van der Waals surface area (Å²) < 4.78 is 12.2. The normalized spacial score (nSPS) is 10.8. The number of methoxy groups -OCH3 is 2. The summed E-state index contributed by atoms with van der Waals surface area (Å²) >= 11 is 0. The summed E-state index contributed by atoms with van der Waals surface area (Å²) in [5, 5.41) is 17.0. The van der Waals surface area contributed by atoms with Crippen LogP contribution < -0.4 is 14.8 Å². The van der Waals surface area contributed by atoms with Gasteiger partial charge in [-0.2, -0.15) is 10.1 Å². The van der Waals surface area contributed by atoms with E-state index in [0.29, 0.717) is 23.1 Å². The average Bonchev–Trinajstić information content (AvgIpc) is 3.22. The number of anilines is 2. The Bertz CT molecular complexity index is 1130. The summed E-state index contributed by atoms with van der Waals surface area (Å²) in [5.74, 6) is 1.52. The molecule has 8 heteroatoms. The van der Waals surface area contributed by atoms with Crippen LogP contribution in [0.15, 0.2) is 55.0 Å². The Balaban J connectivity index is 1.77. The van der Waals surface area contributed by atoms with E-state index in [2.05, 4.69) is 20.4 Å². The summed E-state index contributed by atoms with van der Waals surface area (Å²) in [6.07, 6.45) is 3.39. The van der Waals surface area contributed by atoms with E-state index < -0.39 is 0 Å². The molecule has 0 spiro atoms. The van der Waals surface area contributed by atoms with Crippen molar-refractivity contribution >= 4 is 17.2 Å². The molecule has 0 aliphatic heterocycles. The standard InChI is InChI=1S/C20H19N5O3/c1-27-17-6-7-18(24-20(17)28-2)23-16-9-15(10-25-19(16)21-12-22-25)14-5-3-4-13(8-14)11-26/h3-10,12,26H,11H2,1-2H3,(H,23,24). The molecular weight excluding hydrogens is 358 g/mol. The molecule has 3 heterocycles. The van der Waals surface area contributed by atoms with E-state index in [-0.39, 0.29) is 6.61 Å². The highest BCUT2D eigenvalue weighted by atomic mass is 16.5. The van der Waals surface area contributed by atoms with E-state index in [4.69, 9.17) is 9.47 Å². The lowest BCUT2D eigenvalue weighted by Crippen LogP contribution is -2.01. The summed E-state index contributed by atoms with van der Waals surface area (Å²) in [6, 6.07) is 13.3. The van der Waals surface area contributed by atoms with Crippen molar-refractivity contribution in [2.45, 2.75) is 6.61 Å². The third-order valence-electron chi connectivity index (χ3n) is 4.32. The molecule has 4 aromatic rings. The van der Waals surface area contributed by atoms with Crippen LogP contribution in [0.5, 0.6) is 11.6 Å². The van der Waals surface area contributed by atoms with Crippen molar-refractivity contribution in [2.75, 3.05) is 19.5 Å². The molecule has 0 aliphatic carbocycles. The van der Waals surface area contributed by atoms with Crippen LogP contribution in [-0.2, 0) is 6.61 Å². The Morgan fingerprint density at radius 1 is 1.07 bits per heavy atom. The quantitative estimate of drug-likeness (QED) is 0.533. The van der Waals surface area contributed by atoms with Crippen LogP contribution in [0.2, 0.25) is 0 Å². The minimum Gasteiger partial charge on any atom is -0.491 e. The number of nitrogens with zero attached hydrogens (tertiary/aromatic N) is 4. The molecule has 8 nitrogen and oxygen atoms in total. The topological polar surface area (TPSA) is 93.8 Å². The van der Waals surface area contributed by atoms with Gasteiger partial charge in [-0.05, 0) is 35.4 Å². The lowest BCUT2D eigenvalue weighted by Gasteiger charge is -2.12. The van der Waals surface area contributed by atoms with Gasteiger partial charge >= 0.3 is 0 Å². The number of hydrogen-bond acceptors (Lipinski definition) is 7. The van der Waals surface area contributed by atoms with Gasteiger partial charge in [-0.3, -0.25) is 0 Å². The molecule has 0 atom stereocenters. The van der Waals surface area contributed by atoms with Crippen molar-refractivity contribution in [1.82, 2.24) is 19.6 Å². The number of nitrogens with one attached hydrogen (secondary N) is 1. The van der Waals surface area contributed by atoms with Crippen LogP contribution >= 0.6 is 0 Å². The fourth-order valence-electron chi connectivity index (χ4n) is 2.96. The minimum atomic E-state index is -0.0138. The average molecular weight is 377 g/mol. The molecule has 0 fully saturated rings. The van der Waals surface area contributed by atoms with Gasteiger partial charge in [-0.1, -0.05) is 18.2 Å². The SMILES string of the molecule is COc1ccc(Nc2cc(-c3cccc(CO)c3)cn3ncnc23)nc1OC. The lowest BCUT2D eigenvalue weighted by molar-refractivity contribution is 0.282. The zero-order valence-corrected chi connectivity index (χ0v) is 15.5. The molecule has 0 unspecified atom stereocenters. The number of fused-ring (bicyclic) bond motifs is 1. The third kappa shape index (κ3) is 3.33. The maximum absolute atomic E-state index is 9.42. The fourth-order valence-corrected chi connectivity index (χ4v) is 2.96. The molecule has 0 saturated carbocycles. The Morgan fingerprint density at radius 2 is 1.96 bits per heavy atom. The summed E-state index contributed by atoms with van der Waals surface area (Å²) in [6.45, 7) is -0.0138. The zero-order chi connectivity index (χ0) is 19.5. The molecule has 4 rings (SSSR count). The van der Waals surface area contributed by atoms with Crippen molar-refractivity contribution in [1.29, 1.82) is 0 Å². The molecule has 3 aromatic heterocycles. The second kappa shape index (κ2) is 7.53. The number of aliphatic hydroxyl groups excluding tert-OH is 1. The molecule has 0 bridgehead atoms. The van der Waals surface area contributed by atoms with Crippen LogP contribution in [0, 0.1) is 0 Å². The molecule has 0 saturated heterocycles. The van der Waals surface area contributed by atoms with Crippen LogP contribution in [0.1, 0.15) is 5.56 Å². The van der Waals surface area contributed by atoms with Crippen LogP contribution in [0.25, 0.3) is 16.8 Å². The van der Waals surface area contributed by atoms with Gasteiger partial charge in [0.2, 0.25) is 0 Å². The van der Waals surface area contributed by atoms with Crippen LogP contribution in [0.4, 0.5) is 11.5 Å². The van der Waals surface area contributed by atoms with Crippen molar-refractivity contribution in [3.05, 3.63) is 60.6 Å². The largest absolute Gasteiger partial charge is 0.491 e. The minimum absolute atomic E-state index is 0.0138. The smallest absolute Gasteiger partial charge is 0.258 e. The first kappa shape index (κ1) is 17.7. The number of hydrogen-bond donors (Lipinski definition) is 2. The predicted molar refractivity (Wildman–Crippen MR) is 105 cm³/mol. The number of benzene rings is 1. The number of aromatic nitrogens is 4. The molecule has 142 valence electrons. The van der Waals surface area contributed by atoms with Crippen molar-refractivity contribution in [3.63, 3.8) is 0 Å².